The fraction of sp³-hybridized carbons (Fsp3) is 0.111. The number of aryl methyl sites for hydroxylation is 1. The fourth-order valence-corrected chi connectivity index (χ4v) is 1.84. The van der Waals surface area contributed by atoms with Crippen molar-refractivity contribution in [3.05, 3.63) is 65.7 Å². The fourth-order valence-electron chi connectivity index (χ4n) is 1.84. The molecule has 0 saturated heterocycles. The Bertz CT molecular complexity index is 703. The molecule has 4 nitrogen and oxygen atoms in total. The van der Waals surface area contributed by atoms with E-state index in [1.54, 1.807) is 30.3 Å². The van der Waals surface area contributed by atoms with Gasteiger partial charge >= 0.3 is 5.97 Å². The average Bonchev–Trinajstić information content (AvgIpc) is 2.46. The minimum absolute atomic E-state index is 0.249. The number of carbonyl (C=O) groups is 2. The molecule has 0 saturated carbocycles. The van der Waals surface area contributed by atoms with Crippen LogP contribution < -0.4 is 10.1 Å². The van der Waals surface area contributed by atoms with Gasteiger partial charge in [0, 0.05) is 24.8 Å². The van der Waals surface area contributed by atoms with Crippen LogP contribution in [0.4, 0.5) is 5.69 Å². The molecule has 0 aliphatic rings. The van der Waals surface area contributed by atoms with E-state index in [-0.39, 0.29) is 5.91 Å². The molecule has 2 rings (SSSR count). The van der Waals surface area contributed by atoms with Crippen molar-refractivity contribution >= 4 is 23.6 Å². The van der Waals surface area contributed by atoms with Crippen LogP contribution in [0.15, 0.2) is 54.6 Å². The summed E-state index contributed by atoms with van der Waals surface area (Å²) in [4.78, 5) is 22.8. The molecule has 4 heteroatoms. The van der Waals surface area contributed by atoms with Crippen molar-refractivity contribution in [1.29, 1.82) is 0 Å². The zero-order valence-electron chi connectivity index (χ0n) is 12.5. The summed E-state index contributed by atoms with van der Waals surface area (Å²) < 4.78 is 4.97. The maximum absolute atomic E-state index is 11.9. The molecule has 22 heavy (non-hydrogen) atoms. The molecule has 2 aromatic rings. The van der Waals surface area contributed by atoms with Crippen molar-refractivity contribution in [3.63, 3.8) is 0 Å². The quantitative estimate of drug-likeness (QED) is 0.533. The van der Waals surface area contributed by atoms with E-state index in [0.29, 0.717) is 11.4 Å². The van der Waals surface area contributed by atoms with E-state index in [4.69, 9.17) is 4.74 Å². The lowest BCUT2D eigenvalue weighted by Crippen LogP contribution is -2.08. The molecule has 0 unspecified atom stereocenters. The number of benzene rings is 2. The van der Waals surface area contributed by atoms with Crippen LogP contribution in [0.2, 0.25) is 0 Å². The number of anilines is 1. The summed E-state index contributed by atoms with van der Waals surface area (Å²) in [6, 6.07) is 14.5. The van der Waals surface area contributed by atoms with Crippen LogP contribution in [0.25, 0.3) is 6.08 Å². The van der Waals surface area contributed by atoms with Crippen LogP contribution in [0, 0.1) is 6.92 Å². The van der Waals surface area contributed by atoms with E-state index >= 15 is 0 Å². The zero-order chi connectivity index (χ0) is 15.9. The Kier molecular flexibility index (Phi) is 5.09. The number of hydrogen-bond donors (Lipinski definition) is 1. The first-order valence-electron chi connectivity index (χ1n) is 6.87. The standard InChI is InChI=1S/C18H17NO3/c1-13-6-8-15(9-7-13)10-11-18(21)19-16-4-3-5-17(12-16)22-14(2)20/h3-12H,1-2H3,(H,19,21)/b11-10+. The first-order valence-corrected chi connectivity index (χ1v) is 6.87. The van der Waals surface area contributed by atoms with Gasteiger partial charge in [-0.05, 0) is 30.7 Å². The molecule has 2 aromatic carbocycles. The second-order valence-electron chi connectivity index (χ2n) is 4.85. The van der Waals surface area contributed by atoms with Crippen LogP contribution in [0.1, 0.15) is 18.1 Å². The number of esters is 1. The van der Waals surface area contributed by atoms with Crippen LogP contribution in [-0.2, 0) is 9.59 Å². The van der Waals surface area contributed by atoms with Crippen molar-refractivity contribution < 1.29 is 14.3 Å². The third kappa shape index (κ3) is 4.90. The molecule has 0 atom stereocenters. The summed E-state index contributed by atoms with van der Waals surface area (Å²) in [5.74, 6) is -0.254. The van der Waals surface area contributed by atoms with Gasteiger partial charge < -0.3 is 10.1 Å². The predicted molar refractivity (Wildman–Crippen MR) is 86.6 cm³/mol. The molecule has 0 fully saturated rings. The van der Waals surface area contributed by atoms with Crippen molar-refractivity contribution in [2.75, 3.05) is 5.32 Å². The van der Waals surface area contributed by atoms with E-state index in [0.717, 1.165) is 5.56 Å². The highest BCUT2D eigenvalue weighted by molar-refractivity contribution is 6.02. The summed E-state index contributed by atoms with van der Waals surface area (Å²) in [6.07, 6.45) is 3.20. The average molecular weight is 295 g/mol. The smallest absolute Gasteiger partial charge is 0.308 e. The molecule has 0 bridgehead atoms. The maximum atomic E-state index is 11.9. The molecular weight excluding hydrogens is 278 g/mol. The van der Waals surface area contributed by atoms with Gasteiger partial charge in [-0.25, -0.2) is 0 Å². The number of rotatable bonds is 4. The number of nitrogens with one attached hydrogen (secondary N) is 1. The van der Waals surface area contributed by atoms with E-state index in [9.17, 15) is 9.59 Å². The number of ether oxygens (including phenoxy) is 1. The number of amides is 1. The van der Waals surface area contributed by atoms with Gasteiger partial charge in [-0.2, -0.15) is 0 Å². The van der Waals surface area contributed by atoms with E-state index in [1.807, 2.05) is 31.2 Å². The van der Waals surface area contributed by atoms with Gasteiger partial charge in [0.1, 0.15) is 5.75 Å². The highest BCUT2D eigenvalue weighted by Crippen LogP contribution is 2.17. The molecule has 0 heterocycles. The maximum Gasteiger partial charge on any atom is 0.308 e. The Balaban J connectivity index is 1.99. The summed E-state index contributed by atoms with van der Waals surface area (Å²) in [6.45, 7) is 3.34. The van der Waals surface area contributed by atoms with Crippen molar-refractivity contribution in [3.8, 4) is 5.75 Å². The van der Waals surface area contributed by atoms with E-state index < -0.39 is 5.97 Å². The van der Waals surface area contributed by atoms with Crippen molar-refractivity contribution in [2.24, 2.45) is 0 Å². The largest absolute Gasteiger partial charge is 0.427 e. The second kappa shape index (κ2) is 7.22. The molecule has 0 aliphatic carbocycles. The Hall–Kier alpha value is -2.88. The third-order valence-corrected chi connectivity index (χ3v) is 2.87. The number of hydrogen-bond acceptors (Lipinski definition) is 3. The SMILES string of the molecule is CC(=O)Oc1cccc(NC(=O)/C=C/c2ccc(C)cc2)c1. The summed E-state index contributed by atoms with van der Waals surface area (Å²) in [5, 5.41) is 2.72. The van der Waals surface area contributed by atoms with Gasteiger partial charge in [0.15, 0.2) is 0 Å². The lowest BCUT2D eigenvalue weighted by Gasteiger charge is -2.05. The monoisotopic (exact) mass is 295 g/mol. The van der Waals surface area contributed by atoms with Crippen molar-refractivity contribution in [2.45, 2.75) is 13.8 Å². The highest BCUT2D eigenvalue weighted by atomic mass is 16.5. The third-order valence-electron chi connectivity index (χ3n) is 2.87. The molecule has 0 aliphatic heterocycles. The number of carbonyl (C=O) groups excluding carboxylic acids is 2. The van der Waals surface area contributed by atoms with E-state index in [1.165, 1.54) is 18.6 Å². The lowest BCUT2D eigenvalue weighted by molar-refractivity contribution is -0.131. The normalized spacial score (nSPS) is 10.5. The molecule has 0 spiro atoms. The van der Waals surface area contributed by atoms with Crippen molar-refractivity contribution in [1.82, 2.24) is 0 Å². The first kappa shape index (κ1) is 15.5. The molecular formula is C18H17NO3. The van der Waals surface area contributed by atoms with E-state index in [2.05, 4.69) is 5.32 Å². The Morgan fingerprint density at radius 3 is 2.50 bits per heavy atom. The zero-order valence-corrected chi connectivity index (χ0v) is 12.5. The predicted octanol–water partition coefficient (Wildman–Crippen LogP) is 3.57. The Morgan fingerprint density at radius 1 is 1.09 bits per heavy atom. The van der Waals surface area contributed by atoms with Gasteiger partial charge in [-0.15, -0.1) is 0 Å². The van der Waals surface area contributed by atoms with Gasteiger partial charge in [-0.3, -0.25) is 9.59 Å². The first-order chi connectivity index (χ1) is 10.5. The molecule has 1 amide bonds. The van der Waals surface area contributed by atoms with Crippen LogP contribution in [-0.4, -0.2) is 11.9 Å². The minimum atomic E-state index is -0.400. The summed E-state index contributed by atoms with van der Waals surface area (Å²) in [7, 11) is 0. The summed E-state index contributed by atoms with van der Waals surface area (Å²) in [5.41, 5.74) is 2.69. The molecule has 0 radical (unpaired) electrons. The molecule has 1 N–H and O–H groups in total. The van der Waals surface area contributed by atoms with Crippen LogP contribution in [0.5, 0.6) is 5.75 Å². The molecule has 112 valence electrons. The molecule has 0 aromatic heterocycles. The Labute approximate surface area is 129 Å². The van der Waals surface area contributed by atoms with Crippen LogP contribution >= 0.6 is 0 Å². The summed E-state index contributed by atoms with van der Waals surface area (Å²) >= 11 is 0. The van der Waals surface area contributed by atoms with Gasteiger partial charge in [0.2, 0.25) is 5.91 Å². The van der Waals surface area contributed by atoms with Gasteiger partial charge in [0.25, 0.3) is 0 Å². The second-order valence-corrected chi connectivity index (χ2v) is 4.85. The lowest BCUT2D eigenvalue weighted by atomic mass is 10.1. The van der Waals surface area contributed by atoms with Crippen LogP contribution in [0.3, 0.4) is 0 Å². The van der Waals surface area contributed by atoms with Gasteiger partial charge in [0.05, 0.1) is 0 Å². The Morgan fingerprint density at radius 2 is 1.82 bits per heavy atom. The highest BCUT2D eigenvalue weighted by Gasteiger charge is 2.02. The van der Waals surface area contributed by atoms with Gasteiger partial charge in [-0.1, -0.05) is 35.9 Å². The minimum Gasteiger partial charge on any atom is -0.427 e. The topological polar surface area (TPSA) is 55.4 Å².